The SMILES string of the molecule is CC1CCN(CC(O)CNC(=O)c2ccc([N+](=O)[O-])o2)CC1. The number of aliphatic hydroxyl groups excluding tert-OH is 1. The van der Waals surface area contributed by atoms with Gasteiger partial charge in [-0.05, 0) is 37.9 Å². The molecule has 1 fully saturated rings. The summed E-state index contributed by atoms with van der Waals surface area (Å²) in [7, 11) is 0. The molecule has 1 atom stereocenters. The fraction of sp³-hybridized carbons (Fsp3) is 0.643. The molecular formula is C14H21N3O5. The van der Waals surface area contributed by atoms with Gasteiger partial charge in [-0.2, -0.15) is 0 Å². The molecule has 2 heterocycles. The van der Waals surface area contributed by atoms with Crippen LogP contribution < -0.4 is 5.32 Å². The van der Waals surface area contributed by atoms with Gasteiger partial charge in [-0.1, -0.05) is 6.92 Å². The van der Waals surface area contributed by atoms with Crippen LogP contribution in [0.15, 0.2) is 16.5 Å². The molecule has 2 rings (SSSR count). The minimum atomic E-state index is -0.705. The van der Waals surface area contributed by atoms with Gasteiger partial charge in [-0.25, -0.2) is 0 Å². The van der Waals surface area contributed by atoms with E-state index in [1.54, 1.807) is 0 Å². The normalized spacial score (nSPS) is 18.1. The number of hydrogen-bond donors (Lipinski definition) is 2. The predicted octanol–water partition coefficient (Wildman–Crippen LogP) is 1.01. The van der Waals surface area contributed by atoms with Crippen LogP contribution in [0.25, 0.3) is 0 Å². The Morgan fingerprint density at radius 3 is 2.82 bits per heavy atom. The molecule has 0 saturated carbocycles. The van der Waals surface area contributed by atoms with Crippen molar-refractivity contribution >= 4 is 11.8 Å². The number of β-amino-alcohol motifs (C(OH)–C–C–N with tert-alkyl or cyclic N) is 1. The van der Waals surface area contributed by atoms with Crippen molar-refractivity contribution in [1.82, 2.24) is 10.2 Å². The van der Waals surface area contributed by atoms with Crippen LogP contribution in [0.5, 0.6) is 0 Å². The van der Waals surface area contributed by atoms with Gasteiger partial charge in [0.15, 0.2) is 5.76 Å². The van der Waals surface area contributed by atoms with Gasteiger partial charge in [0.05, 0.1) is 12.2 Å². The van der Waals surface area contributed by atoms with Gasteiger partial charge >= 0.3 is 5.88 Å². The van der Waals surface area contributed by atoms with E-state index in [-0.39, 0.29) is 12.3 Å². The van der Waals surface area contributed by atoms with E-state index < -0.39 is 22.8 Å². The topological polar surface area (TPSA) is 109 Å². The molecule has 8 nitrogen and oxygen atoms in total. The van der Waals surface area contributed by atoms with Gasteiger partial charge in [0, 0.05) is 13.1 Å². The quantitative estimate of drug-likeness (QED) is 0.599. The summed E-state index contributed by atoms with van der Waals surface area (Å²) in [6, 6.07) is 2.37. The molecule has 22 heavy (non-hydrogen) atoms. The zero-order valence-corrected chi connectivity index (χ0v) is 12.5. The fourth-order valence-electron chi connectivity index (χ4n) is 2.45. The van der Waals surface area contributed by atoms with Crippen LogP contribution in [0, 0.1) is 16.0 Å². The lowest BCUT2D eigenvalue weighted by atomic mass is 9.99. The molecule has 0 bridgehead atoms. The number of hydrogen-bond acceptors (Lipinski definition) is 6. The average molecular weight is 311 g/mol. The Bertz CT molecular complexity index is 522. The van der Waals surface area contributed by atoms with Crippen molar-refractivity contribution in [3.63, 3.8) is 0 Å². The minimum absolute atomic E-state index is 0.0827. The number of nitrogens with zero attached hydrogens (tertiary/aromatic N) is 2. The number of carbonyl (C=O) groups is 1. The van der Waals surface area contributed by atoms with E-state index >= 15 is 0 Å². The van der Waals surface area contributed by atoms with E-state index in [2.05, 4.69) is 17.1 Å². The van der Waals surface area contributed by atoms with Gasteiger partial charge in [-0.15, -0.1) is 0 Å². The first-order valence-electron chi connectivity index (χ1n) is 7.38. The van der Waals surface area contributed by atoms with Crippen molar-refractivity contribution < 1.29 is 19.2 Å². The van der Waals surface area contributed by atoms with Crippen molar-refractivity contribution in [3.8, 4) is 0 Å². The number of furan rings is 1. The number of amides is 1. The summed E-state index contributed by atoms with van der Waals surface area (Å²) in [4.78, 5) is 23.7. The molecule has 1 aliphatic heterocycles. The molecule has 1 aromatic rings. The van der Waals surface area contributed by atoms with Crippen LogP contribution in [0.2, 0.25) is 0 Å². The Hall–Kier alpha value is -1.93. The molecule has 8 heteroatoms. The molecule has 1 saturated heterocycles. The first-order valence-corrected chi connectivity index (χ1v) is 7.38. The fourth-order valence-corrected chi connectivity index (χ4v) is 2.45. The molecule has 0 spiro atoms. The van der Waals surface area contributed by atoms with Crippen molar-refractivity contribution in [2.24, 2.45) is 5.92 Å². The standard InChI is InChI=1S/C14H21N3O5/c1-10-4-6-16(7-5-10)9-11(18)8-15-14(19)12-2-3-13(22-12)17(20)21/h2-3,10-11,18H,4-9H2,1H3,(H,15,19). The highest BCUT2D eigenvalue weighted by atomic mass is 16.6. The van der Waals surface area contributed by atoms with Crippen LogP contribution >= 0.6 is 0 Å². The average Bonchev–Trinajstić information content (AvgIpc) is 2.97. The maximum atomic E-state index is 11.8. The first-order chi connectivity index (χ1) is 10.5. The van der Waals surface area contributed by atoms with Crippen molar-refractivity contribution in [3.05, 3.63) is 28.0 Å². The third-order valence-electron chi connectivity index (χ3n) is 3.84. The highest BCUT2D eigenvalue weighted by Crippen LogP contribution is 2.16. The van der Waals surface area contributed by atoms with Gasteiger partial charge in [0.1, 0.15) is 4.92 Å². The maximum absolute atomic E-state index is 11.8. The van der Waals surface area contributed by atoms with E-state index in [1.807, 2.05) is 0 Å². The third-order valence-corrected chi connectivity index (χ3v) is 3.84. The van der Waals surface area contributed by atoms with E-state index in [0.29, 0.717) is 6.54 Å². The lowest BCUT2D eigenvalue weighted by Crippen LogP contribution is -2.43. The van der Waals surface area contributed by atoms with Crippen molar-refractivity contribution in [2.45, 2.75) is 25.9 Å². The zero-order chi connectivity index (χ0) is 16.1. The van der Waals surface area contributed by atoms with Gasteiger partial charge < -0.3 is 19.7 Å². The largest absolute Gasteiger partial charge is 0.433 e. The van der Waals surface area contributed by atoms with Crippen LogP contribution in [-0.2, 0) is 0 Å². The summed E-state index contributed by atoms with van der Waals surface area (Å²) >= 11 is 0. The Labute approximate surface area is 128 Å². The maximum Gasteiger partial charge on any atom is 0.433 e. The molecule has 1 aliphatic rings. The van der Waals surface area contributed by atoms with Crippen molar-refractivity contribution in [1.29, 1.82) is 0 Å². The van der Waals surface area contributed by atoms with Crippen LogP contribution in [0.1, 0.15) is 30.3 Å². The molecule has 2 N–H and O–H groups in total. The number of carbonyl (C=O) groups excluding carboxylic acids is 1. The summed E-state index contributed by atoms with van der Waals surface area (Å²) in [5, 5.41) is 23.0. The number of piperidine rings is 1. The highest BCUT2D eigenvalue weighted by molar-refractivity contribution is 5.91. The van der Waals surface area contributed by atoms with Crippen LogP contribution in [0.3, 0.4) is 0 Å². The second-order valence-corrected chi connectivity index (χ2v) is 5.74. The molecule has 122 valence electrons. The zero-order valence-electron chi connectivity index (χ0n) is 12.5. The van der Waals surface area contributed by atoms with Crippen LogP contribution in [0.4, 0.5) is 5.88 Å². The van der Waals surface area contributed by atoms with E-state index in [4.69, 9.17) is 4.42 Å². The van der Waals surface area contributed by atoms with E-state index in [0.717, 1.165) is 37.9 Å². The predicted molar refractivity (Wildman–Crippen MR) is 78.5 cm³/mol. The Morgan fingerprint density at radius 2 is 2.23 bits per heavy atom. The van der Waals surface area contributed by atoms with Gasteiger partial charge in [0.25, 0.3) is 5.91 Å². The molecule has 1 aromatic heterocycles. The lowest BCUT2D eigenvalue weighted by molar-refractivity contribution is -0.402. The molecule has 0 radical (unpaired) electrons. The van der Waals surface area contributed by atoms with Crippen LogP contribution in [-0.4, -0.2) is 53.1 Å². The number of rotatable bonds is 6. The van der Waals surface area contributed by atoms with Gasteiger partial charge in [-0.3, -0.25) is 14.9 Å². The third kappa shape index (κ3) is 4.54. The lowest BCUT2D eigenvalue weighted by Gasteiger charge is -2.31. The molecule has 0 aromatic carbocycles. The summed E-state index contributed by atoms with van der Waals surface area (Å²) in [6.45, 7) is 4.72. The smallest absolute Gasteiger partial charge is 0.395 e. The number of likely N-dealkylation sites (tertiary alicyclic amines) is 1. The summed E-state index contributed by atoms with van der Waals surface area (Å²) in [5.74, 6) is -0.457. The molecular weight excluding hydrogens is 290 g/mol. The van der Waals surface area contributed by atoms with E-state index in [1.165, 1.54) is 6.07 Å². The Kier molecular flexibility index (Phi) is 5.51. The van der Waals surface area contributed by atoms with Gasteiger partial charge in [0.2, 0.25) is 0 Å². The number of nitro groups is 1. The summed E-state index contributed by atoms with van der Waals surface area (Å²) < 4.78 is 4.80. The van der Waals surface area contributed by atoms with Crippen molar-refractivity contribution in [2.75, 3.05) is 26.2 Å². The first kappa shape index (κ1) is 16.4. The highest BCUT2D eigenvalue weighted by Gasteiger charge is 2.20. The minimum Gasteiger partial charge on any atom is -0.395 e. The summed E-state index contributed by atoms with van der Waals surface area (Å²) in [6.07, 6.45) is 1.56. The summed E-state index contributed by atoms with van der Waals surface area (Å²) in [5.41, 5.74) is 0. The monoisotopic (exact) mass is 311 g/mol. The number of nitrogens with one attached hydrogen (secondary N) is 1. The van der Waals surface area contributed by atoms with E-state index in [9.17, 15) is 20.0 Å². The Morgan fingerprint density at radius 1 is 1.55 bits per heavy atom. The molecule has 1 amide bonds. The Balaban J connectivity index is 1.74. The molecule has 1 unspecified atom stereocenters. The second-order valence-electron chi connectivity index (χ2n) is 5.74. The number of aliphatic hydroxyl groups is 1. The second kappa shape index (κ2) is 7.37. The molecule has 0 aliphatic carbocycles.